The van der Waals surface area contributed by atoms with Crippen LogP contribution in [0.1, 0.15) is 6.92 Å². The molecule has 1 N–H and O–H groups in total. The first kappa shape index (κ1) is 9.20. The first-order valence-corrected chi connectivity index (χ1v) is 4.74. The van der Waals surface area contributed by atoms with Crippen LogP contribution < -0.4 is 0 Å². The first-order valence-electron chi connectivity index (χ1n) is 3.75. The second-order valence-electron chi connectivity index (χ2n) is 2.71. The molecular formula is C10H12OS. The number of phenols is 1. The molecule has 0 aromatic heterocycles. The molecule has 1 rings (SSSR count). The summed E-state index contributed by atoms with van der Waals surface area (Å²) >= 11 is 1.61. The average molecular weight is 180 g/mol. The van der Waals surface area contributed by atoms with Crippen molar-refractivity contribution in [1.29, 1.82) is 0 Å². The summed E-state index contributed by atoms with van der Waals surface area (Å²) < 4.78 is 0. The molecule has 2 heteroatoms. The van der Waals surface area contributed by atoms with E-state index < -0.39 is 0 Å². The second kappa shape index (κ2) is 4.21. The molecule has 64 valence electrons. The molecule has 0 saturated heterocycles. The Morgan fingerprint density at radius 3 is 2.75 bits per heavy atom. The van der Waals surface area contributed by atoms with Crippen LogP contribution in [-0.4, -0.2) is 10.9 Å². The third-order valence-corrected chi connectivity index (χ3v) is 2.63. The third kappa shape index (κ3) is 2.62. The Morgan fingerprint density at radius 2 is 2.17 bits per heavy atom. The van der Waals surface area contributed by atoms with Gasteiger partial charge < -0.3 is 5.11 Å². The molecule has 0 bridgehead atoms. The summed E-state index contributed by atoms with van der Waals surface area (Å²) in [5.41, 5.74) is 1.11. The SMILES string of the molecule is C=C(C)CSc1ccccc1O. The maximum atomic E-state index is 9.37. The zero-order valence-electron chi connectivity index (χ0n) is 7.08. The van der Waals surface area contributed by atoms with Crippen molar-refractivity contribution in [3.05, 3.63) is 36.4 Å². The predicted octanol–water partition coefficient (Wildman–Crippen LogP) is 3.06. The van der Waals surface area contributed by atoms with Gasteiger partial charge in [0, 0.05) is 10.6 Å². The van der Waals surface area contributed by atoms with Gasteiger partial charge in [-0.2, -0.15) is 0 Å². The second-order valence-corrected chi connectivity index (χ2v) is 3.73. The van der Waals surface area contributed by atoms with E-state index >= 15 is 0 Å². The van der Waals surface area contributed by atoms with Crippen molar-refractivity contribution < 1.29 is 5.11 Å². The zero-order chi connectivity index (χ0) is 8.97. The molecule has 0 fully saturated rings. The summed E-state index contributed by atoms with van der Waals surface area (Å²) in [5.74, 6) is 1.21. The van der Waals surface area contributed by atoms with E-state index in [2.05, 4.69) is 6.58 Å². The van der Waals surface area contributed by atoms with Gasteiger partial charge in [0.2, 0.25) is 0 Å². The summed E-state index contributed by atoms with van der Waals surface area (Å²) in [6, 6.07) is 7.34. The monoisotopic (exact) mass is 180 g/mol. The van der Waals surface area contributed by atoms with E-state index in [1.54, 1.807) is 17.8 Å². The highest BCUT2D eigenvalue weighted by molar-refractivity contribution is 7.99. The van der Waals surface area contributed by atoms with Crippen LogP contribution in [0.4, 0.5) is 0 Å². The maximum Gasteiger partial charge on any atom is 0.129 e. The van der Waals surface area contributed by atoms with Gasteiger partial charge in [0.1, 0.15) is 5.75 Å². The van der Waals surface area contributed by atoms with Gasteiger partial charge in [-0.15, -0.1) is 11.8 Å². The van der Waals surface area contributed by atoms with E-state index in [9.17, 15) is 5.11 Å². The number of thioether (sulfide) groups is 1. The Bertz CT molecular complexity index is 281. The van der Waals surface area contributed by atoms with Crippen LogP contribution in [0, 0.1) is 0 Å². The van der Waals surface area contributed by atoms with Gasteiger partial charge in [-0.25, -0.2) is 0 Å². The van der Waals surface area contributed by atoms with Crippen LogP contribution >= 0.6 is 11.8 Å². The van der Waals surface area contributed by atoms with Crippen LogP contribution in [0.15, 0.2) is 41.3 Å². The Balaban J connectivity index is 2.63. The van der Waals surface area contributed by atoms with Gasteiger partial charge in [0.15, 0.2) is 0 Å². The Hall–Kier alpha value is -0.890. The molecule has 1 nitrogen and oxygen atoms in total. The van der Waals surface area contributed by atoms with E-state index in [1.165, 1.54) is 0 Å². The van der Waals surface area contributed by atoms with Crippen molar-refractivity contribution in [1.82, 2.24) is 0 Å². The zero-order valence-corrected chi connectivity index (χ0v) is 7.90. The van der Waals surface area contributed by atoms with Crippen molar-refractivity contribution in [2.24, 2.45) is 0 Å². The molecule has 0 atom stereocenters. The smallest absolute Gasteiger partial charge is 0.129 e. The fraction of sp³-hybridized carbons (Fsp3) is 0.200. The summed E-state index contributed by atoms with van der Waals surface area (Å²) in [5, 5.41) is 9.37. The highest BCUT2D eigenvalue weighted by Gasteiger charge is 1.98. The summed E-state index contributed by atoms with van der Waals surface area (Å²) in [7, 11) is 0. The maximum absolute atomic E-state index is 9.37. The fourth-order valence-electron chi connectivity index (χ4n) is 0.780. The highest BCUT2D eigenvalue weighted by Crippen LogP contribution is 2.28. The Morgan fingerprint density at radius 1 is 1.50 bits per heavy atom. The number of hydrogen-bond acceptors (Lipinski definition) is 2. The molecule has 0 radical (unpaired) electrons. The molecule has 0 heterocycles. The number of para-hydroxylation sites is 1. The summed E-state index contributed by atoms with van der Waals surface area (Å²) in [6.45, 7) is 5.78. The fourth-order valence-corrected chi connectivity index (χ4v) is 1.57. The van der Waals surface area contributed by atoms with Crippen LogP contribution in [-0.2, 0) is 0 Å². The standard InChI is InChI=1S/C10H12OS/c1-8(2)7-12-10-6-4-3-5-9(10)11/h3-6,11H,1,7H2,2H3. The molecule has 0 aliphatic rings. The topological polar surface area (TPSA) is 20.2 Å². The van der Waals surface area contributed by atoms with E-state index in [-0.39, 0.29) is 0 Å². The van der Waals surface area contributed by atoms with Gasteiger partial charge in [0.05, 0.1) is 0 Å². The van der Waals surface area contributed by atoms with E-state index in [1.807, 2.05) is 25.1 Å². The number of phenolic OH excluding ortho intramolecular Hbond substituents is 1. The quantitative estimate of drug-likeness (QED) is 0.570. The van der Waals surface area contributed by atoms with Gasteiger partial charge in [-0.1, -0.05) is 24.3 Å². The number of hydrogen-bond donors (Lipinski definition) is 1. The molecule has 0 saturated carbocycles. The molecule has 0 unspecified atom stereocenters. The van der Waals surface area contributed by atoms with E-state index in [4.69, 9.17) is 0 Å². The molecule has 0 aliphatic carbocycles. The average Bonchev–Trinajstić information content (AvgIpc) is 2.03. The van der Waals surface area contributed by atoms with Gasteiger partial charge >= 0.3 is 0 Å². The summed E-state index contributed by atoms with van der Waals surface area (Å²) in [4.78, 5) is 0.917. The van der Waals surface area contributed by atoms with Crippen molar-refractivity contribution in [3.8, 4) is 5.75 Å². The molecule has 0 spiro atoms. The molecule has 12 heavy (non-hydrogen) atoms. The number of aromatic hydroxyl groups is 1. The molecule has 0 aliphatic heterocycles. The number of benzene rings is 1. The van der Waals surface area contributed by atoms with Crippen LogP contribution in [0.2, 0.25) is 0 Å². The minimum Gasteiger partial charge on any atom is -0.507 e. The lowest BCUT2D eigenvalue weighted by Gasteiger charge is -2.02. The summed E-state index contributed by atoms with van der Waals surface area (Å²) in [6.07, 6.45) is 0. The van der Waals surface area contributed by atoms with E-state index in [0.717, 1.165) is 16.2 Å². The molecule has 0 amide bonds. The van der Waals surface area contributed by atoms with Crippen LogP contribution in [0.5, 0.6) is 5.75 Å². The predicted molar refractivity (Wildman–Crippen MR) is 53.6 cm³/mol. The lowest BCUT2D eigenvalue weighted by molar-refractivity contribution is 0.462. The van der Waals surface area contributed by atoms with Crippen molar-refractivity contribution in [3.63, 3.8) is 0 Å². The number of rotatable bonds is 3. The van der Waals surface area contributed by atoms with E-state index in [0.29, 0.717) is 5.75 Å². The Kier molecular flexibility index (Phi) is 3.23. The minimum absolute atomic E-state index is 0.351. The Labute approximate surface area is 77.1 Å². The lowest BCUT2D eigenvalue weighted by Crippen LogP contribution is -1.79. The largest absolute Gasteiger partial charge is 0.507 e. The van der Waals surface area contributed by atoms with Crippen LogP contribution in [0.25, 0.3) is 0 Å². The lowest BCUT2D eigenvalue weighted by atomic mass is 10.3. The molecule has 1 aromatic rings. The van der Waals surface area contributed by atoms with Gasteiger partial charge in [0.25, 0.3) is 0 Å². The minimum atomic E-state index is 0.351. The van der Waals surface area contributed by atoms with Crippen molar-refractivity contribution >= 4 is 11.8 Å². The van der Waals surface area contributed by atoms with Gasteiger partial charge in [-0.05, 0) is 19.1 Å². The highest BCUT2D eigenvalue weighted by atomic mass is 32.2. The molecular weight excluding hydrogens is 168 g/mol. The normalized spacial score (nSPS) is 9.75. The van der Waals surface area contributed by atoms with Gasteiger partial charge in [-0.3, -0.25) is 0 Å². The third-order valence-electron chi connectivity index (χ3n) is 1.34. The molecule has 1 aromatic carbocycles. The first-order chi connectivity index (χ1) is 5.70. The van der Waals surface area contributed by atoms with Crippen molar-refractivity contribution in [2.75, 3.05) is 5.75 Å². The van der Waals surface area contributed by atoms with Crippen molar-refractivity contribution in [2.45, 2.75) is 11.8 Å². The van der Waals surface area contributed by atoms with Crippen LogP contribution in [0.3, 0.4) is 0 Å².